The van der Waals surface area contributed by atoms with Gasteiger partial charge in [0.05, 0.1) is 6.54 Å². The Hall–Kier alpha value is -0.660. The Morgan fingerprint density at radius 1 is 1.22 bits per heavy atom. The van der Waals surface area contributed by atoms with Crippen LogP contribution in [0.15, 0.2) is 5.16 Å². The summed E-state index contributed by atoms with van der Waals surface area (Å²) in [5.74, 6) is 1.05. The molecule has 0 atom stereocenters. The van der Waals surface area contributed by atoms with Crippen molar-refractivity contribution in [1.82, 2.24) is 20.2 Å². The lowest BCUT2D eigenvalue weighted by Crippen LogP contribution is -2.21. The molecule has 18 heavy (non-hydrogen) atoms. The van der Waals surface area contributed by atoms with Crippen molar-refractivity contribution in [2.24, 2.45) is 0 Å². The molecule has 1 rings (SSSR count). The summed E-state index contributed by atoms with van der Waals surface area (Å²) in [5.41, 5.74) is 0. The van der Waals surface area contributed by atoms with Gasteiger partial charge in [-0.3, -0.25) is 0 Å². The van der Waals surface area contributed by atoms with Crippen molar-refractivity contribution in [2.45, 2.75) is 50.6 Å². The monoisotopic (exact) mass is 274 g/mol. The molecule has 6 nitrogen and oxygen atoms in total. The number of hydrogen-bond donors (Lipinski definition) is 0. The maximum absolute atomic E-state index is 5.14. The van der Waals surface area contributed by atoms with Crippen LogP contribution in [0, 0.1) is 0 Å². The van der Waals surface area contributed by atoms with Gasteiger partial charge in [0.15, 0.2) is 6.29 Å². The van der Waals surface area contributed by atoms with Gasteiger partial charge in [0.25, 0.3) is 0 Å². The second-order valence-corrected chi connectivity index (χ2v) is 5.02. The van der Waals surface area contributed by atoms with Gasteiger partial charge >= 0.3 is 0 Å². The summed E-state index contributed by atoms with van der Waals surface area (Å²) in [4.78, 5) is 0. The van der Waals surface area contributed by atoms with Gasteiger partial charge in [-0.1, -0.05) is 37.9 Å². The molecule has 1 aromatic heterocycles. The van der Waals surface area contributed by atoms with E-state index in [1.165, 1.54) is 25.7 Å². The van der Waals surface area contributed by atoms with E-state index in [9.17, 15) is 0 Å². The molecule has 0 aliphatic carbocycles. The number of aromatic nitrogens is 4. The minimum absolute atomic E-state index is 0.312. The van der Waals surface area contributed by atoms with E-state index in [2.05, 4.69) is 22.4 Å². The molecule has 0 saturated heterocycles. The molecule has 0 bridgehead atoms. The minimum atomic E-state index is -0.312. The summed E-state index contributed by atoms with van der Waals surface area (Å²) in [7, 11) is 3.21. The largest absolute Gasteiger partial charge is 0.354 e. The maximum Gasteiger partial charge on any atom is 0.209 e. The summed E-state index contributed by atoms with van der Waals surface area (Å²) >= 11 is 1.68. The Kier molecular flexibility index (Phi) is 7.95. The van der Waals surface area contributed by atoms with Crippen LogP contribution in [0.2, 0.25) is 0 Å². The topological polar surface area (TPSA) is 62.1 Å². The van der Waals surface area contributed by atoms with Gasteiger partial charge < -0.3 is 9.47 Å². The molecule has 1 heterocycles. The predicted molar refractivity (Wildman–Crippen MR) is 70.5 cm³/mol. The molecule has 1 aromatic rings. The molecule has 0 fully saturated rings. The Morgan fingerprint density at radius 2 is 2.00 bits per heavy atom. The molecule has 0 unspecified atom stereocenters. The highest BCUT2D eigenvalue weighted by Gasteiger charge is 2.12. The van der Waals surface area contributed by atoms with E-state index in [4.69, 9.17) is 9.47 Å². The van der Waals surface area contributed by atoms with Crippen molar-refractivity contribution < 1.29 is 9.47 Å². The molecule has 0 N–H and O–H groups in total. The van der Waals surface area contributed by atoms with Gasteiger partial charge in [0.2, 0.25) is 5.16 Å². The first-order chi connectivity index (χ1) is 8.81. The highest BCUT2D eigenvalue weighted by Crippen LogP contribution is 2.16. The van der Waals surface area contributed by atoms with Crippen LogP contribution < -0.4 is 0 Å². The van der Waals surface area contributed by atoms with Crippen LogP contribution in [0.5, 0.6) is 0 Å². The lowest BCUT2D eigenvalue weighted by Gasteiger charge is -2.13. The quantitative estimate of drug-likeness (QED) is 0.369. The molecular formula is C11H22N4O2S. The average Bonchev–Trinajstić information content (AvgIpc) is 2.83. The van der Waals surface area contributed by atoms with Crippen molar-refractivity contribution in [3.05, 3.63) is 0 Å². The molecule has 0 amide bonds. The van der Waals surface area contributed by atoms with E-state index in [0.717, 1.165) is 10.9 Å². The highest BCUT2D eigenvalue weighted by atomic mass is 32.2. The number of nitrogens with zero attached hydrogens (tertiary/aromatic N) is 4. The standard InChI is InChI=1S/C11H22N4O2S/c1-4-5-6-7-8-18-11-12-13-14-15(11)9-10(16-2)17-3/h10H,4-9H2,1-3H3. The van der Waals surface area contributed by atoms with E-state index < -0.39 is 0 Å². The average molecular weight is 274 g/mol. The highest BCUT2D eigenvalue weighted by molar-refractivity contribution is 7.99. The van der Waals surface area contributed by atoms with Crippen molar-refractivity contribution in [3.63, 3.8) is 0 Å². The van der Waals surface area contributed by atoms with Crippen LogP contribution in [0.25, 0.3) is 0 Å². The fraction of sp³-hybridized carbons (Fsp3) is 0.909. The van der Waals surface area contributed by atoms with Crippen LogP contribution in [0.1, 0.15) is 32.6 Å². The van der Waals surface area contributed by atoms with Crippen molar-refractivity contribution >= 4 is 11.8 Å². The number of methoxy groups -OCH3 is 2. The van der Waals surface area contributed by atoms with Crippen molar-refractivity contribution in [2.75, 3.05) is 20.0 Å². The molecular weight excluding hydrogens is 252 g/mol. The summed E-state index contributed by atoms with van der Waals surface area (Å²) < 4.78 is 12.0. The summed E-state index contributed by atoms with van der Waals surface area (Å²) in [6, 6.07) is 0. The van der Waals surface area contributed by atoms with Gasteiger partial charge in [0, 0.05) is 20.0 Å². The molecule has 0 saturated carbocycles. The molecule has 7 heteroatoms. The molecule has 0 aromatic carbocycles. The van der Waals surface area contributed by atoms with Gasteiger partial charge in [0.1, 0.15) is 0 Å². The van der Waals surface area contributed by atoms with E-state index in [-0.39, 0.29) is 6.29 Å². The maximum atomic E-state index is 5.14. The Morgan fingerprint density at radius 3 is 2.67 bits per heavy atom. The summed E-state index contributed by atoms with van der Waals surface area (Å²) in [6.45, 7) is 2.72. The first-order valence-corrected chi connectivity index (χ1v) is 7.25. The Bertz CT molecular complexity index is 318. The van der Waals surface area contributed by atoms with Gasteiger partial charge in [-0.25, -0.2) is 4.68 Å². The normalized spacial score (nSPS) is 11.3. The first-order valence-electron chi connectivity index (χ1n) is 6.26. The number of ether oxygens (including phenoxy) is 2. The van der Waals surface area contributed by atoms with Crippen LogP contribution >= 0.6 is 11.8 Å². The first kappa shape index (κ1) is 15.4. The van der Waals surface area contributed by atoms with Crippen molar-refractivity contribution in [3.8, 4) is 0 Å². The van der Waals surface area contributed by atoms with Gasteiger partial charge in [-0.05, 0) is 16.8 Å². The molecule has 0 aliphatic heterocycles. The summed E-state index contributed by atoms with van der Waals surface area (Å²) in [5, 5.41) is 12.5. The zero-order chi connectivity index (χ0) is 13.2. The van der Waals surface area contributed by atoms with E-state index >= 15 is 0 Å². The number of unbranched alkanes of at least 4 members (excludes halogenated alkanes) is 3. The second-order valence-electron chi connectivity index (χ2n) is 3.95. The van der Waals surface area contributed by atoms with Gasteiger partial charge in [-0.2, -0.15) is 0 Å². The zero-order valence-corrected chi connectivity index (χ0v) is 12.2. The van der Waals surface area contributed by atoms with Crippen LogP contribution in [0.3, 0.4) is 0 Å². The van der Waals surface area contributed by atoms with E-state index in [1.54, 1.807) is 30.7 Å². The second kappa shape index (κ2) is 9.29. The molecule has 0 aliphatic rings. The summed E-state index contributed by atoms with van der Waals surface area (Å²) in [6.07, 6.45) is 4.70. The number of tetrazole rings is 1. The lowest BCUT2D eigenvalue weighted by molar-refractivity contribution is -0.113. The smallest absolute Gasteiger partial charge is 0.209 e. The lowest BCUT2D eigenvalue weighted by atomic mass is 10.2. The fourth-order valence-corrected chi connectivity index (χ4v) is 2.38. The van der Waals surface area contributed by atoms with Crippen LogP contribution in [-0.4, -0.2) is 46.5 Å². The van der Waals surface area contributed by atoms with E-state index in [0.29, 0.717) is 6.54 Å². The zero-order valence-electron chi connectivity index (χ0n) is 11.3. The molecule has 0 spiro atoms. The Labute approximate surface area is 112 Å². The predicted octanol–water partition coefficient (Wildman–Crippen LogP) is 1.96. The third-order valence-corrected chi connectivity index (χ3v) is 3.62. The number of rotatable bonds is 10. The molecule has 0 radical (unpaired) electrons. The van der Waals surface area contributed by atoms with Crippen molar-refractivity contribution in [1.29, 1.82) is 0 Å². The number of thioether (sulfide) groups is 1. The number of hydrogen-bond acceptors (Lipinski definition) is 6. The minimum Gasteiger partial charge on any atom is -0.354 e. The van der Waals surface area contributed by atoms with Crippen LogP contribution in [0.4, 0.5) is 0 Å². The fourth-order valence-electron chi connectivity index (χ4n) is 1.49. The third kappa shape index (κ3) is 5.32. The van der Waals surface area contributed by atoms with Crippen LogP contribution in [-0.2, 0) is 16.0 Å². The van der Waals surface area contributed by atoms with Gasteiger partial charge in [-0.15, -0.1) is 5.10 Å². The molecule has 104 valence electrons. The third-order valence-electron chi connectivity index (χ3n) is 2.58. The Balaban J connectivity index is 2.35. The SMILES string of the molecule is CCCCCCSc1nnnn1CC(OC)OC. The van der Waals surface area contributed by atoms with E-state index in [1.807, 2.05) is 0 Å².